The lowest BCUT2D eigenvalue weighted by Gasteiger charge is -2.07. The van der Waals surface area contributed by atoms with E-state index in [2.05, 4.69) is 0 Å². The fourth-order valence-electron chi connectivity index (χ4n) is 1.15. The van der Waals surface area contributed by atoms with Gasteiger partial charge in [-0.1, -0.05) is 6.92 Å². The first-order valence-corrected chi connectivity index (χ1v) is 7.88. The van der Waals surface area contributed by atoms with Gasteiger partial charge in [0.15, 0.2) is 9.84 Å². The maximum atomic E-state index is 11.5. The van der Waals surface area contributed by atoms with Crippen LogP contribution in [-0.4, -0.2) is 42.8 Å². The van der Waals surface area contributed by atoms with E-state index in [1.54, 1.807) is 31.2 Å². The summed E-state index contributed by atoms with van der Waals surface area (Å²) in [6, 6.07) is 6.54. The van der Waals surface area contributed by atoms with E-state index in [9.17, 15) is 13.5 Å². The Hall–Kier alpha value is -0.560. The van der Waals surface area contributed by atoms with Gasteiger partial charge in [0.2, 0.25) is 0 Å². The van der Waals surface area contributed by atoms with Crippen LogP contribution in [0.5, 0.6) is 0 Å². The van der Waals surface area contributed by atoms with Crippen LogP contribution in [0, 0.1) is 0 Å². The first-order valence-electron chi connectivity index (χ1n) is 5.24. The molecule has 0 amide bonds. The molecule has 0 aliphatic carbocycles. The molecule has 1 atom stereocenters. The van der Waals surface area contributed by atoms with Crippen molar-refractivity contribution in [1.29, 1.82) is 0 Å². The number of hydrogen-bond donors (Lipinski definition) is 2. The van der Waals surface area contributed by atoms with E-state index < -0.39 is 15.9 Å². The third kappa shape index (κ3) is 4.31. The molecule has 0 aliphatic rings. The van der Waals surface area contributed by atoms with Gasteiger partial charge in [-0.2, -0.15) is 0 Å². The number of rotatable bonds is 6. The van der Waals surface area contributed by atoms with Crippen LogP contribution in [0.3, 0.4) is 0 Å². The maximum Gasteiger partial charge on any atom is 0.178 e. The summed E-state index contributed by atoms with van der Waals surface area (Å²) in [5.74, 6) is 0.471. The van der Waals surface area contributed by atoms with Crippen LogP contribution in [-0.2, 0) is 9.84 Å². The molecule has 0 aromatic heterocycles. The van der Waals surface area contributed by atoms with Crippen molar-refractivity contribution in [3.8, 4) is 0 Å². The SMILES string of the molecule is CCS(=O)(=O)c1ccc(SCC(O)CO)cc1. The van der Waals surface area contributed by atoms with Gasteiger partial charge in [-0.3, -0.25) is 0 Å². The summed E-state index contributed by atoms with van der Waals surface area (Å²) in [4.78, 5) is 1.18. The molecule has 0 saturated carbocycles. The van der Waals surface area contributed by atoms with E-state index in [1.807, 2.05) is 0 Å². The molecule has 0 saturated heterocycles. The van der Waals surface area contributed by atoms with Crippen LogP contribution in [0.2, 0.25) is 0 Å². The summed E-state index contributed by atoms with van der Waals surface area (Å²) in [5.41, 5.74) is 0. The van der Waals surface area contributed by atoms with E-state index in [0.717, 1.165) is 4.90 Å². The smallest absolute Gasteiger partial charge is 0.178 e. The lowest BCUT2D eigenvalue weighted by Crippen LogP contribution is -2.14. The molecule has 1 rings (SSSR count). The fourth-order valence-corrected chi connectivity index (χ4v) is 2.86. The number of benzene rings is 1. The average Bonchev–Trinajstić information content (AvgIpc) is 2.36. The summed E-state index contributed by atoms with van der Waals surface area (Å²) < 4.78 is 23.1. The minimum atomic E-state index is -3.15. The van der Waals surface area contributed by atoms with Gasteiger partial charge in [-0.25, -0.2) is 8.42 Å². The quantitative estimate of drug-likeness (QED) is 0.756. The predicted octanol–water partition coefficient (Wildman–Crippen LogP) is 0.926. The van der Waals surface area contributed by atoms with Crippen molar-refractivity contribution in [3.05, 3.63) is 24.3 Å². The second-order valence-electron chi connectivity index (χ2n) is 3.52. The van der Waals surface area contributed by atoms with Gasteiger partial charge >= 0.3 is 0 Å². The molecule has 0 heterocycles. The predicted molar refractivity (Wildman–Crippen MR) is 68.0 cm³/mol. The lowest BCUT2D eigenvalue weighted by atomic mass is 10.4. The average molecular weight is 276 g/mol. The Morgan fingerprint density at radius 3 is 2.35 bits per heavy atom. The van der Waals surface area contributed by atoms with Gasteiger partial charge in [-0.05, 0) is 24.3 Å². The maximum absolute atomic E-state index is 11.5. The van der Waals surface area contributed by atoms with Crippen LogP contribution >= 0.6 is 11.8 Å². The molecule has 96 valence electrons. The van der Waals surface area contributed by atoms with Gasteiger partial charge < -0.3 is 10.2 Å². The number of hydrogen-bond acceptors (Lipinski definition) is 5. The van der Waals surface area contributed by atoms with Crippen LogP contribution in [0.1, 0.15) is 6.92 Å². The molecule has 0 aliphatic heterocycles. The Morgan fingerprint density at radius 2 is 1.88 bits per heavy atom. The van der Waals surface area contributed by atoms with Crippen molar-refractivity contribution >= 4 is 21.6 Å². The third-order valence-corrected chi connectivity index (χ3v) is 5.12. The zero-order valence-corrected chi connectivity index (χ0v) is 11.2. The molecule has 0 fully saturated rings. The molecule has 0 radical (unpaired) electrons. The second-order valence-corrected chi connectivity index (χ2v) is 6.89. The minimum Gasteiger partial charge on any atom is -0.394 e. The Morgan fingerprint density at radius 1 is 1.29 bits per heavy atom. The Balaban J connectivity index is 2.69. The molecular weight excluding hydrogens is 260 g/mol. The first kappa shape index (κ1) is 14.5. The summed E-state index contributed by atoms with van der Waals surface area (Å²) in [7, 11) is -3.15. The highest BCUT2D eigenvalue weighted by molar-refractivity contribution is 7.99. The molecule has 1 unspecified atom stereocenters. The Labute approximate surface area is 106 Å². The zero-order chi connectivity index (χ0) is 12.9. The molecule has 1 aromatic rings. The molecule has 4 nitrogen and oxygen atoms in total. The standard InChI is InChI=1S/C11H16O4S2/c1-2-17(14,15)11-5-3-10(4-6-11)16-8-9(13)7-12/h3-6,9,12-13H,2,7-8H2,1H3. The van der Waals surface area contributed by atoms with E-state index in [1.165, 1.54) is 11.8 Å². The van der Waals surface area contributed by atoms with Crippen LogP contribution in [0.15, 0.2) is 34.1 Å². The van der Waals surface area contributed by atoms with Crippen LogP contribution < -0.4 is 0 Å². The molecule has 6 heteroatoms. The zero-order valence-electron chi connectivity index (χ0n) is 9.54. The van der Waals surface area contributed by atoms with Crippen molar-refractivity contribution in [2.45, 2.75) is 22.8 Å². The van der Waals surface area contributed by atoms with E-state index in [4.69, 9.17) is 5.11 Å². The monoisotopic (exact) mass is 276 g/mol. The largest absolute Gasteiger partial charge is 0.394 e. The molecule has 1 aromatic carbocycles. The van der Waals surface area contributed by atoms with Gasteiger partial charge in [-0.15, -0.1) is 11.8 Å². The summed E-state index contributed by atoms with van der Waals surface area (Å²) in [6.45, 7) is 1.34. The van der Waals surface area contributed by atoms with Crippen molar-refractivity contribution < 1.29 is 18.6 Å². The molecule has 17 heavy (non-hydrogen) atoms. The summed E-state index contributed by atoms with van der Waals surface area (Å²) in [5, 5.41) is 17.8. The highest BCUT2D eigenvalue weighted by Gasteiger charge is 2.11. The van der Waals surface area contributed by atoms with Crippen molar-refractivity contribution in [3.63, 3.8) is 0 Å². The summed E-state index contributed by atoms with van der Waals surface area (Å²) in [6.07, 6.45) is -0.751. The van der Waals surface area contributed by atoms with E-state index in [-0.39, 0.29) is 12.4 Å². The van der Waals surface area contributed by atoms with E-state index in [0.29, 0.717) is 10.6 Å². The normalized spacial score (nSPS) is 13.6. The van der Waals surface area contributed by atoms with Crippen LogP contribution in [0.25, 0.3) is 0 Å². The number of aliphatic hydroxyl groups is 2. The molecule has 0 bridgehead atoms. The Kier molecular flexibility index (Phi) is 5.45. The van der Waals surface area contributed by atoms with Crippen molar-refractivity contribution in [1.82, 2.24) is 0 Å². The van der Waals surface area contributed by atoms with Gasteiger partial charge in [0.25, 0.3) is 0 Å². The first-order chi connectivity index (χ1) is 7.99. The number of sulfone groups is 1. The Bertz CT molecular complexity index is 439. The second kappa shape index (κ2) is 6.39. The molecule has 2 N–H and O–H groups in total. The van der Waals surface area contributed by atoms with Gasteiger partial charge in [0.1, 0.15) is 0 Å². The number of thioether (sulfide) groups is 1. The van der Waals surface area contributed by atoms with Crippen LogP contribution in [0.4, 0.5) is 0 Å². The lowest BCUT2D eigenvalue weighted by molar-refractivity contribution is 0.113. The van der Waals surface area contributed by atoms with Crippen molar-refractivity contribution in [2.75, 3.05) is 18.1 Å². The van der Waals surface area contributed by atoms with Gasteiger partial charge in [0.05, 0.1) is 23.4 Å². The molecular formula is C11H16O4S2. The minimum absolute atomic E-state index is 0.0860. The summed E-state index contributed by atoms with van der Waals surface area (Å²) >= 11 is 1.38. The van der Waals surface area contributed by atoms with E-state index >= 15 is 0 Å². The fraction of sp³-hybridized carbons (Fsp3) is 0.455. The van der Waals surface area contributed by atoms with Gasteiger partial charge in [0, 0.05) is 10.6 Å². The number of aliphatic hydroxyl groups excluding tert-OH is 2. The topological polar surface area (TPSA) is 74.6 Å². The highest BCUT2D eigenvalue weighted by atomic mass is 32.2. The third-order valence-electron chi connectivity index (χ3n) is 2.22. The molecule has 0 spiro atoms. The highest BCUT2D eigenvalue weighted by Crippen LogP contribution is 2.21. The van der Waals surface area contributed by atoms with Crippen molar-refractivity contribution in [2.24, 2.45) is 0 Å².